The number of carbonyl (C=O) groups is 1. The van der Waals surface area contributed by atoms with Crippen molar-refractivity contribution in [2.45, 2.75) is 20.3 Å². The molecule has 15 heavy (non-hydrogen) atoms. The molecule has 80 valence electrons. The van der Waals surface area contributed by atoms with Crippen molar-refractivity contribution in [3.05, 3.63) is 29.8 Å². The van der Waals surface area contributed by atoms with Crippen LogP contribution in [0.15, 0.2) is 24.3 Å². The molecule has 0 saturated carbocycles. The SMILES string of the molecule is CC(=O)C1CCN(c2ccccc2C)C1. The fourth-order valence-corrected chi connectivity index (χ4v) is 2.23. The summed E-state index contributed by atoms with van der Waals surface area (Å²) in [7, 11) is 0. The summed E-state index contributed by atoms with van der Waals surface area (Å²) in [6.45, 7) is 5.72. The van der Waals surface area contributed by atoms with Crippen LogP contribution < -0.4 is 4.90 Å². The van der Waals surface area contributed by atoms with Crippen LogP contribution in [0.25, 0.3) is 0 Å². The largest absolute Gasteiger partial charge is 0.371 e. The van der Waals surface area contributed by atoms with Crippen LogP contribution in [0.5, 0.6) is 0 Å². The van der Waals surface area contributed by atoms with Gasteiger partial charge in [-0.2, -0.15) is 0 Å². The molecule has 1 aromatic carbocycles. The lowest BCUT2D eigenvalue weighted by Gasteiger charge is -2.20. The summed E-state index contributed by atoms with van der Waals surface area (Å²) < 4.78 is 0. The molecule has 0 radical (unpaired) electrons. The van der Waals surface area contributed by atoms with Gasteiger partial charge in [0.15, 0.2) is 0 Å². The van der Waals surface area contributed by atoms with E-state index in [-0.39, 0.29) is 5.92 Å². The van der Waals surface area contributed by atoms with Crippen molar-refractivity contribution in [1.82, 2.24) is 0 Å². The van der Waals surface area contributed by atoms with Gasteiger partial charge < -0.3 is 4.90 Å². The monoisotopic (exact) mass is 203 g/mol. The minimum absolute atomic E-state index is 0.240. The average Bonchev–Trinajstić information content (AvgIpc) is 2.67. The molecule has 0 bridgehead atoms. The highest BCUT2D eigenvalue weighted by Gasteiger charge is 2.26. The second-order valence-corrected chi connectivity index (χ2v) is 4.33. The zero-order chi connectivity index (χ0) is 10.8. The molecule has 0 aromatic heterocycles. The molecular formula is C13H17NO. The summed E-state index contributed by atoms with van der Waals surface area (Å²) >= 11 is 0. The van der Waals surface area contributed by atoms with Gasteiger partial charge in [-0.25, -0.2) is 0 Å². The number of anilines is 1. The number of para-hydroxylation sites is 1. The Bertz CT molecular complexity index is 373. The van der Waals surface area contributed by atoms with Crippen molar-refractivity contribution >= 4 is 11.5 Å². The highest BCUT2D eigenvalue weighted by Crippen LogP contribution is 2.26. The zero-order valence-electron chi connectivity index (χ0n) is 9.36. The van der Waals surface area contributed by atoms with Gasteiger partial charge in [-0.3, -0.25) is 4.79 Å². The van der Waals surface area contributed by atoms with E-state index in [0.717, 1.165) is 19.5 Å². The first kappa shape index (κ1) is 10.2. The van der Waals surface area contributed by atoms with E-state index in [1.165, 1.54) is 11.3 Å². The fourth-order valence-electron chi connectivity index (χ4n) is 2.23. The Labute approximate surface area is 90.9 Å². The van der Waals surface area contributed by atoms with Crippen LogP contribution in [0.2, 0.25) is 0 Å². The summed E-state index contributed by atoms with van der Waals surface area (Å²) in [6, 6.07) is 8.37. The highest BCUT2D eigenvalue weighted by atomic mass is 16.1. The van der Waals surface area contributed by atoms with Gasteiger partial charge in [0.2, 0.25) is 0 Å². The highest BCUT2D eigenvalue weighted by molar-refractivity contribution is 5.79. The number of benzene rings is 1. The Balaban J connectivity index is 2.14. The first-order valence-corrected chi connectivity index (χ1v) is 5.49. The lowest BCUT2D eigenvalue weighted by Crippen LogP contribution is -2.22. The summed E-state index contributed by atoms with van der Waals surface area (Å²) in [4.78, 5) is 13.6. The smallest absolute Gasteiger partial charge is 0.134 e. The Morgan fingerprint density at radius 3 is 2.73 bits per heavy atom. The number of carbonyl (C=O) groups excluding carboxylic acids is 1. The maximum absolute atomic E-state index is 11.3. The van der Waals surface area contributed by atoms with Crippen molar-refractivity contribution in [3.63, 3.8) is 0 Å². The van der Waals surface area contributed by atoms with Crippen molar-refractivity contribution in [3.8, 4) is 0 Å². The van der Waals surface area contributed by atoms with E-state index in [1.54, 1.807) is 6.92 Å². The van der Waals surface area contributed by atoms with Gasteiger partial charge in [0.25, 0.3) is 0 Å². The van der Waals surface area contributed by atoms with Gasteiger partial charge in [-0.15, -0.1) is 0 Å². The van der Waals surface area contributed by atoms with Crippen molar-refractivity contribution < 1.29 is 4.79 Å². The molecule has 2 rings (SSSR count). The molecule has 0 spiro atoms. The Morgan fingerprint density at radius 1 is 1.40 bits per heavy atom. The molecule has 0 aliphatic carbocycles. The first-order chi connectivity index (χ1) is 7.18. The fraction of sp³-hybridized carbons (Fsp3) is 0.462. The third kappa shape index (κ3) is 2.04. The predicted molar refractivity (Wildman–Crippen MR) is 62.2 cm³/mol. The summed E-state index contributed by atoms with van der Waals surface area (Å²) in [5.41, 5.74) is 2.57. The molecule has 1 heterocycles. The summed E-state index contributed by atoms with van der Waals surface area (Å²) in [5, 5.41) is 0. The van der Waals surface area contributed by atoms with Crippen LogP contribution in [0, 0.1) is 12.8 Å². The van der Waals surface area contributed by atoms with E-state index in [9.17, 15) is 4.79 Å². The minimum Gasteiger partial charge on any atom is -0.371 e. The van der Waals surface area contributed by atoms with Crippen LogP contribution in [-0.4, -0.2) is 18.9 Å². The molecule has 1 aromatic rings. The Morgan fingerprint density at radius 2 is 2.13 bits per heavy atom. The van der Waals surface area contributed by atoms with Gasteiger partial charge in [0, 0.05) is 24.7 Å². The standard InChI is InChI=1S/C13H17NO/c1-10-5-3-4-6-13(10)14-8-7-12(9-14)11(2)15/h3-6,12H,7-9H2,1-2H3. The van der Waals surface area contributed by atoms with Gasteiger partial charge in [0.1, 0.15) is 5.78 Å². The third-order valence-corrected chi connectivity index (χ3v) is 3.22. The number of hydrogen-bond acceptors (Lipinski definition) is 2. The van der Waals surface area contributed by atoms with E-state index < -0.39 is 0 Å². The molecule has 1 atom stereocenters. The summed E-state index contributed by atoms with van der Waals surface area (Å²) in [5.74, 6) is 0.565. The average molecular weight is 203 g/mol. The lowest BCUT2D eigenvalue weighted by molar-refractivity contribution is -0.120. The van der Waals surface area contributed by atoms with Gasteiger partial charge >= 0.3 is 0 Å². The molecule has 2 heteroatoms. The van der Waals surface area contributed by atoms with Gasteiger partial charge in [-0.05, 0) is 31.9 Å². The normalized spacial score (nSPS) is 20.7. The van der Waals surface area contributed by atoms with Gasteiger partial charge in [0.05, 0.1) is 0 Å². The van der Waals surface area contributed by atoms with E-state index in [0.29, 0.717) is 5.78 Å². The van der Waals surface area contributed by atoms with E-state index in [1.807, 2.05) is 0 Å². The number of aryl methyl sites for hydroxylation is 1. The molecular weight excluding hydrogens is 186 g/mol. The number of rotatable bonds is 2. The van der Waals surface area contributed by atoms with E-state index in [2.05, 4.69) is 36.1 Å². The number of Topliss-reactive ketones (excluding diaryl/α,β-unsaturated/α-hetero) is 1. The predicted octanol–water partition coefficient (Wildman–Crippen LogP) is 2.41. The van der Waals surface area contributed by atoms with Crippen molar-refractivity contribution in [2.24, 2.45) is 5.92 Å². The summed E-state index contributed by atoms with van der Waals surface area (Å²) in [6.07, 6.45) is 1.00. The molecule has 1 unspecified atom stereocenters. The maximum Gasteiger partial charge on any atom is 0.134 e. The Kier molecular flexibility index (Phi) is 2.76. The van der Waals surface area contributed by atoms with E-state index >= 15 is 0 Å². The van der Waals surface area contributed by atoms with Crippen LogP contribution in [0.3, 0.4) is 0 Å². The topological polar surface area (TPSA) is 20.3 Å². The molecule has 0 N–H and O–H groups in total. The zero-order valence-corrected chi connectivity index (χ0v) is 9.36. The molecule has 2 nitrogen and oxygen atoms in total. The molecule has 0 amide bonds. The maximum atomic E-state index is 11.3. The lowest BCUT2D eigenvalue weighted by atomic mass is 10.1. The van der Waals surface area contributed by atoms with Crippen molar-refractivity contribution in [1.29, 1.82) is 0 Å². The van der Waals surface area contributed by atoms with Crippen LogP contribution >= 0.6 is 0 Å². The van der Waals surface area contributed by atoms with E-state index in [4.69, 9.17) is 0 Å². The first-order valence-electron chi connectivity index (χ1n) is 5.49. The quantitative estimate of drug-likeness (QED) is 0.735. The molecule has 1 aliphatic heterocycles. The van der Waals surface area contributed by atoms with Crippen LogP contribution in [0.1, 0.15) is 18.9 Å². The van der Waals surface area contributed by atoms with Crippen LogP contribution in [-0.2, 0) is 4.79 Å². The third-order valence-electron chi connectivity index (χ3n) is 3.22. The van der Waals surface area contributed by atoms with Gasteiger partial charge in [-0.1, -0.05) is 18.2 Å². The second kappa shape index (κ2) is 4.05. The molecule has 1 saturated heterocycles. The number of nitrogens with zero attached hydrogens (tertiary/aromatic N) is 1. The number of hydrogen-bond donors (Lipinski definition) is 0. The number of ketones is 1. The molecule has 1 fully saturated rings. The van der Waals surface area contributed by atoms with Crippen molar-refractivity contribution in [2.75, 3.05) is 18.0 Å². The minimum atomic E-state index is 0.240. The van der Waals surface area contributed by atoms with Crippen LogP contribution in [0.4, 0.5) is 5.69 Å². The second-order valence-electron chi connectivity index (χ2n) is 4.33. The molecule has 1 aliphatic rings. The Hall–Kier alpha value is -1.31.